The standard InChI is InChI=1S/C13H19N3O/c1-10(2)16-9-14-7-12(16)8-15-11(3)13-5-4-6-17-13/h4-7,9-11,15H,8H2,1-3H3/t11-/m0/s1. The van der Waals surface area contributed by atoms with Crippen LogP contribution in [0.3, 0.4) is 0 Å². The van der Waals surface area contributed by atoms with Gasteiger partial charge in [0.05, 0.1) is 24.3 Å². The van der Waals surface area contributed by atoms with Gasteiger partial charge in [-0.25, -0.2) is 4.98 Å². The minimum atomic E-state index is 0.209. The van der Waals surface area contributed by atoms with E-state index < -0.39 is 0 Å². The van der Waals surface area contributed by atoms with Crippen LogP contribution in [0, 0.1) is 0 Å². The maximum Gasteiger partial charge on any atom is 0.120 e. The Labute approximate surface area is 102 Å². The third-order valence-corrected chi connectivity index (χ3v) is 2.86. The number of aromatic nitrogens is 2. The molecule has 0 aliphatic rings. The van der Waals surface area contributed by atoms with E-state index in [-0.39, 0.29) is 6.04 Å². The number of rotatable bonds is 5. The molecule has 4 heteroatoms. The molecule has 0 amide bonds. The summed E-state index contributed by atoms with van der Waals surface area (Å²) in [6.45, 7) is 7.19. The van der Waals surface area contributed by atoms with Crippen molar-refractivity contribution in [1.82, 2.24) is 14.9 Å². The lowest BCUT2D eigenvalue weighted by molar-refractivity contribution is 0.423. The van der Waals surface area contributed by atoms with Crippen LogP contribution in [-0.2, 0) is 6.54 Å². The normalized spacial score (nSPS) is 13.2. The molecular weight excluding hydrogens is 214 g/mol. The summed E-state index contributed by atoms with van der Waals surface area (Å²) in [7, 11) is 0. The summed E-state index contributed by atoms with van der Waals surface area (Å²) >= 11 is 0. The summed E-state index contributed by atoms with van der Waals surface area (Å²) in [5.41, 5.74) is 1.19. The van der Waals surface area contributed by atoms with Gasteiger partial charge in [-0.3, -0.25) is 0 Å². The van der Waals surface area contributed by atoms with Crippen LogP contribution in [0.2, 0.25) is 0 Å². The van der Waals surface area contributed by atoms with E-state index in [9.17, 15) is 0 Å². The van der Waals surface area contributed by atoms with Gasteiger partial charge in [-0.15, -0.1) is 0 Å². The fourth-order valence-corrected chi connectivity index (χ4v) is 1.83. The Kier molecular flexibility index (Phi) is 3.64. The number of imidazole rings is 1. The zero-order valence-corrected chi connectivity index (χ0v) is 10.6. The highest BCUT2D eigenvalue weighted by Crippen LogP contribution is 2.14. The molecule has 0 bridgehead atoms. The molecule has 1 atom stereocenters. The third kappa shape index (κ3) is 2.77. The van der Waals surface area contributed by atoms with Crippen molar-refractivity contribution in [3.8, 4) is 0 Å². The Morgan fingerprint density at radius 1 is 1.41 bits per heavy atom. The summed E-state index contributed by atoms with van der Waals surface area (Å²) in [6.07, 6.45) is 5.48. The predicted molar refractivity (Wildman–Crippen MR) is 66.6 cm³/mol. The zero-order chi connectivity index (χ0) is 12.3. The molecule has 92 valence electrons. The van der Waals surface area contributed by atoms with Crippen LogP contribution in [0.15, 0.2) is 35.3 Å². The van der Waals surface area contributed by atoms with Crippen LogP contribution in [0.25, 0.3) is 0 Å². The molecule has 0 saturated carbocycles. The van der Waals surface area contributed by atoms with E-state index in [1.807, 2.05) is 24.7 Å². The van der Waals surface area contributed by atoms with Crippen LogP contribution < -0.4 is 5.32 Å². The SMILES string of the molecule is CC(C)n1cncc1CN[C@@H](C)c1ccco1. The second kappa shape index (κ2) is 5.19. The molecular formula is C13H19N3O. The van der Waals surface area contributed by atoms with Crippen LogP contribution in [0.5, 0.6) is 0 Å². The van der Waals surface area contributed by atoms with Crippen LogP contribution in [-0.4, -0.2) is 9.55 Å². The second-order valence-corrected chi connectivity index (χ2v) is 4.50. The molecule has 1 N–H and O–H groups in total. The molecule has 0 aliphatic carbocycles. The van der Waals surface area contributed by atoms with Gasteiger partial charge in [0.1, 0.15) is 5.76 Å². The molecule has 2 rings (SSSR count). The Hall–Kier alpha value is -1.55. The van der Waals surface area contributed by atoms with Crippen LogP contribution in [0.4, 0.5) is 0 Å². The van der Waals surface area contributed by atoms with E-state index in [0.29, 0.717) is 6.04 Å². The van der Waals surface area contributed by atoms with Crippen molar-refractivity contribution in [3.63, 3.8) is 0 Å². The molecule has 0 fully saturated rings. The Morgan fingerprint density at radius 2 is 2.24 bits per heavy atom. The van der Waals surface area contributed by atoms with Crippen molar-refractivity contribution in [2.75, 3.05) is 0 Å². The fourth-order valence-electron chi connectivity index (χ4n) is 1.83. The van der Waals surface area contributed by atoms with E-state index in [1.54, 1.807) is 6.26 Å². The van der Waals surface area contributed by atoms with Crippen molar-refractivity contribution < 1.29 is 4.42 Å². The average molecular weight is 233 g/mol. The topological polar surface area (TPSA) is 43.0 Å². The van der Waals surface area contributed by atoms with Gasteiger partial charge in [0.25, 0.3) is 0 Å². The molecule has 2 aromatic heterocycles. The molecule has 0 unspecified atom stereocenters. The smallest absolute Gasteiger partial charge is 0.120 e. The highest BCUT2D eigenvalue weighted by atomic mass is 16.3. The van der Waals surface area contributed by atoms with Crippen molar-refractivity contribution in [1.29, 1.82) is 0 Å². The van der Waals surface area contributed by atoms with Gasteiger partial charge in [-0.05, 0) is 32.9 Å². The first-order chi connectivity index (χ1) is 8.18. The summed E-state index contributed by atoms with van der Waals surface area (Å²) in [5, 5.41) is 3.43. The number of furan rings is 1. The Morgan fingerprint density at radius 3 is 2.88 bits per heavy atom. The first-order valence-electron chi connectivity index (χ1n) is 5.96. The van der Waals surface area contributed by atoms with Gasteiger partial charge in [0.2, 0.25) is 0 Å². The van der Waals surface area contributed by atoms with Crippen molar-refractivity contribution in [2.45, 2.75) is 39.4 Å². The third-order valence-electron chi connectivity index (χ3n) is 2.86. The molecule has 4 nitrogen and oxygen atoms in total. The van der Waals surface area contributed by atoms with E-state index in [2.05, 4.69) is 35.6 Å². The molecule has 0 aromatic carbocycles. The molecule has 0 spiro atoms. The van der Waals surface area contributed by atoms with E-state index in [4.69, 9.17) is 4.42 Å². The highest BCUT2D eigenvalue weighted by Gasteiger charge is 2.10. The van der Waals surface area contributed by atoms with Crippen molar-refractivity contribution in [3.05, 3.63) is 42.4 Å². The number of nitrogens with zero attached hydrogens (tertiary/aromatic N) is 2. The molecule has 0 aliphatic heterocycles. The Bertz CT molecular complexity index is 445. The lowest BCUT2D eigenvalue weighted by Gasteiger charge is -2.15. The number of nitrogens with one attached hydrogen (secondary N) is 1. The van der Waals surface area contributed by atoms with E-state index >= 15 is 0 Å². The van der Waals surface area contributed by atoms with Crippen molar-refractivity contribution in [2.24, 2.45) is 0 Å². The van der Waals surface area contributed by atoms with Crippen molar-refractivity contribution >= 4 is 0 Å². The first kappa shape index (κ1) is 11.9. The van der Waals surface area contributed by atoms with Crippen LogP contribution >= 0.6 is 0 Å². The van der Waals surface area contributed by atoms with E-state index in [0.717, 1.165) is 12.3 Å². The molecule has 2 aromatic rings. The van der Waals surface area contributed by atoms with Gasteiger partial charge in [0, 0.05) is 18.8 Å². The van der Waals surface area contributed by atoms with E-state index in [1.165, 1.54) is 5.69 Å². The number of hydrogen-bond donors (Lipinski definition) is 1. The monoisotopic (exact) mass is 233 g/mol. The minimum absolute atomic E-state index is 0.209. The maximum absolute atomic E-state index is 5.36. The molecule has 0 saturated heterocycles. The van der Waals surface area contributed by atoms with Gasteiger partial charge >= 0.3 is 0 Å². The summed E-state index contributed by atoms with van der Waals surface area (Å²) in [4.78, 5) is 4.18. The van der Waals surface area contributed by atoms with Gasteiger partial charge in [-0.2, -0.15) is 0 Å². The number of hydrogen-bond acceptors (Lipinski definition) is 3. The molecule has 2 heterocycles. The lowest BCUT2D eigenvalue weighted by Crippen LogP contribution is -2.20. The van der Waals surface area contributed by atoms with Gasteiger partial charge < -0.3 is 14.3 Å². The zero-order valence-electron chi connectivity index (χ0n) is 10.6. The highest BCUT2D eigenvalue weighted by molar-refractivity contribution is 5.05. The van der Waals surface area contributed by atoms with Gasteiger partial charge in [0.15, 0.2) is 0 Å². The predicted octanol–water partition coefficient (Wildman–Crippen LogP) is 2.91. The summed E-state index contributed by atoms with van der Waals surface area (Å²) in [6, 6.07) is 4.54. The largest absolute Gasteiger partial charge is 0.468 e. The quantitative estimate of drug-likeness (QED) is 0.863. The minimum Gasteiger partial charge on any atom is -0.468 e. The fraction of sp³-hybridized carbons (Fsp3) is 0.462. The molecule has 0 radical (unpaired) electrons. The first-order valence-corrected chi connectivity index (χ1v) is 5.96. The Balaban J connectivity index is 1.96. The summed E-state index contributed by atoms with van der Waals surface area (Å²) < 4.78 is 7.53. The summed E-state index contributed by atoms with van der Waals surface area (Å²) in [5.74, 6) is 0.959. The van der Waals surface area contributed by atoms with Crippen LogP contribution in [0.1, 0.15) is 44.3 Å². The lowest BCUT2D eigenvalue weighted by atomic mass is 10.2. The maximum atomic E-state index is 5.36. The van der Waals surface area contributed by atoms with Gasteiger partial charge in [-0.1, -0.05) is 0 Å². The second-order valence-electron chi connectivity index (χ2n) is 4.50. The average Bonchev–Trinajstić information content (AvgIpc) is 2.96. The molecule has 17 heavy (non-hydrogen) atoms.